The maximum atomic E-state index is 12.4. The predicted molar refractivity (Wildman–Crippen MR) is 106 cm³/mol. The number of rotatable bonds is 7. The van der Waals surface area contributed by atoms with E-state index < -0.39 is 0 Å². The standard InChI is InChI=1S/C19H20N2O3S2/c1-21(11-13-8-9-15(23-2)16(10-13)24-3)18(22)12-25-19-20-14-6-4-5-7-17(14)26-19/h4-10H,11-12H2,1-3H3. The van der Waals surface area contributed by atoms with Gasteiger partial charge in [-0.1, -0.05) is 30.0 Å². The molecule has 1 amide bonds. The lowest BCUT2D eigenvalue weighted by Gasteiger charge is -2.18. The number of carbonyl (C=O) groups is 1. The SMILES string of the molecule is COc1ccc(CN(C)C(=O)CSc2nc3ccccc3s2)cc1OC. The van der Waals surface area contributed by atoms with Crippen molar-refractivity contribution >= 4 is 39.2 Å². The number of ether oxygens (including phenoxy) is 2. The summed E-state index contributed by atoms with van der Waals surface area (Å²) >= 11 is 3.09. The summed E-state index contributed by atoms with van der Waals surface area (Å²) < 4.78 is 12.6. The molecule has 5 nitrogen and oxygen atoms in total. The van der Waals surface area contributed by atoms with Gasteiger partial charge in [0.2, 0.25) is 5.91 Å². The highest BCUT2D eigenvalue weighted by molar-refractivity contribution is 8.01. The maximum Gasteiger partial charge on any atom is 0.233 e. The van der Waals surface area contributed by atoms with E-state index >= 15 is 0 Å². The average Bonchev–Trinajstić information content (AvgIpc) is 3.08. The summed E-state index contributed by atoms with van der Waals surface area (Å²) in [5.41, 5.74) is 1.97. The fourth-order valence-corrected chi connectivity index (χ4v) is 4.50. The summed E-state index contributed by atoms with van der Waals surface area (Å²) in [4.78, 5) is 18.7. The number of benzene rings is 2. The number of thiazole rings is 1. The molecule has 7 heteroatoms. The Kier molecular flexibility index (Phi) is 6.00. The molecule has 3 rings (SSSR count). The highest BCUT2D eigenvalue weighted by Crippen LogP contribution is 2.30. The number of thioether (sulfide) groups is 1. The minimum atomic E-state index is 0.0593. The smallest absolute Gasteiger partial charge is 0.233 e. The number of methoxy groups -OCH3 is 2. The number of aromatic nitrogens is 1. The van der Waals surface area contributed by atoms with Crippen molar-refractivity contribution in [2.75, 3.05) is 27.0 Å². The molecule has 0 radical (unpaired) electrons. The Labute approximate surface area is 160 Å². The molecule has 0 atom stereocenters. The van der Waals surface area contributed by atoms with Gasteiger partial charge in [0.15, 0.2) is 15.8 Å². The van der Waals surface area contributed by atoms with Crippen LogP contribution in [0.4, 0.5) is 0 Å². The molecule has 136 valence electrons. The van der Waals surface area contributed by atoms with Crippen LogP contribution in [0, 0.1) is 0 Å². The van der Waals surface area contributed by atoms with Crippen LogP contribution in [0.15, 0.2) is 46.8 Å². The monoisotopic (exact) mass is 388 g/mol. The first-order chi connectivity index (χ1) is 12.6. The lowest BCUT2D eigenvalue weighted by Crippen LogP contribution is -2.27. The molecule has 0 aliphatic carbocycles. The largest absolute Gasteiger partial charge is 0.493 e. The van der Waals surface area contributed by atoms with Crippen LogP contribution in [0.2, 0.25) is 0 Å². The van der Waals surface area contributed by atoms with Gasteiger partial charge in [0, 0.05) is 13.6 Å². The van der Waals surface area contributed by atoms with Crippen LogP contribution in [0.1, 0.15) is 5.56 Å². The van der Waals surface area contributed by atoms with Crippen molar-refractivity contribution in [2.24, 2.45) is 0 Å². The normalized spacial score (nSPS) is 10.7. The van der Waals surface area contributed by atoms with E-state index in [1.54, 1.807) is 37.5 Å². The van der Waals surface area contributed by atoms with E-state index in [4.69, 9.17) is 9.47 Å². The van der Waals surface area contributed by atoms with Crippen LogP contribution >= 0.6 is 23.1 Å². The van der Waals surface area contributed by atoms with Gasteiger partial charge in [0.25, 0.3) is 0 Å². The zero-order valence-corrected chi connectivity index (χ0v) is 16.5. The zero-order chi connectivity index (χ0) is 18.5. The number of hydrogen-bond donors (Lipinski definition) is 0. The van der Waals surface area contributed by atoms with Gasteiger partial charge < -0.3 is 14.4 Å². The van der Waals surface area contributed by atoms with Crippen LogP contribution < -0.4 is 9.47 Å². The highest BCUT2D eigenvalue weighted by Gasteiger charge is 2.13. The summed E-state index contributed by atoms with van der Waals surface area (Å²) in [5, 5.41) is 0. The molecular weight excluding hydrogens is 368 g/mol. The second kappa shape index (κ2) is 8.42. The highest BCUT2D eigenvalue weighted by atomic mass is 32.2. The third kappa shape index (κ3) is 4.28. The molecule has 3 aromatic rings. The van der Waals surface area contributed by atoms with Crippen LogP contribution in [-0.2, 0) is 11.3 Å². The van der Waals surface area contributed by atoms with Gasteiger partial charge in [-0.15, -0.1) is 11.3 Å². The van der Waals surface area contributed by atoms with Crippen molar-refractivity contribution < 1.29 is 14.3 Å². The fourth-order valence-electron chi connectivity index (χ4n) is 2.49. The number of hydrogen-bond acceptors (Lipinski definition) is 6. The average molecular weight is 389 g/mol. The van der Waals surface area contributed by atoms with Gasteiger partial charge in [0.05, 0.1) is 30.2 Å². The summed E-state index contributed by atoms with van der Waals surface area (Å²) in [6, 6.07) is 13.7. The van der Waals surface area contributed by atoms with E-state index in [-0.39, 0.29) is 5.91 Å². The minimum absolute atomic E-state index is 0.0593. The number of carbonyl (C=O) groups excluding carboxylic acids is 1. The molecule has 2 aromatic carbocycles. The molecule has 1 heterocycles. The van der Waals surface area contributed by atoms with Gasteiger partial charge in [-0.25, -0.2) is 4.98 Å². The van der Waals surface area contributed by atoms with E-state index in [9.17, 15) is 4.79 Å². The van der Waals surface area contributed by atoms with E-state index in [0.29, 0.717) is 23.8 Å². The van der Waals surface area contributed by atoms with E-state index in [1.807, 2.05) is 42.5 Å². The maximum absolute atomic E-state index is 12.4. The van der Waals surface area contributed by atoms with Crippen molar-refractivity contribution in [3.8, 4) is 11.5 Å². The topological polar surface area (TPSA) is 51.7 Å². The van der Waals surface area contributed by atoms with Gasteiger partial charge in [-0.2, -0.15) is 0 Å². The summed E-state index contributed by atoms with van der Waals surface area (Å²) in [5.74, 6) is 1.76. The van der Waals surface area contributed by atoms with Crippen LogP contribution in [-0.4, -0.2) is 42.8 Å². The Hall–Kier alpha value is -2.25. The Morgan fingerprint density at radius 1 is 1.15 bits per heavy atom. The molecule has 0 aliphatic heterocycles. The quantitative estimate of drug-likeness (QED) is 0.571. The number of para-hydroxylation sites is 1. The second-order valence-electron chi connectivity index (χ2n) is 5.68. The van der Waals surface area contributed by atoms with Crippen molar-refractivity contribution in [1.29, 1.82) is 0 Å². The van der Waals surface area contributed by atoms with Crippen LogP contribution in [0.5, 0.6) is 11.5 Å². The van der Waals surface area contributed by atoms with Crippen molar-refractivity contribution in [3.63, 3.8) is 0 Å². The summed E-state index contributed by atoms with van der Waals surface area (Å²) in [6.07, 6.45) is 0. The van der Waals surface area contributed by atoms with Crippen molar-refractivity contribution in [2.45, 2.75) is 10.9 Å². The summed E-state index contributed by atoms with van der Waals surface area (Å²) in [6.45, 7) is 0.513. The predicted octanol–water partition coefficient (Wildman–Crippen LogP) is 4.06. The second-order valence-corrected chi connectivity index (χ2v) is 7.93. The van der Waals surface area contributed by atoms with Crippen molar-refractivity contribution in [1.82, 2.24) is 9.88 Å². The molecule has 0 saturated carbocycles. The fraction of sp³-hybridized carbons (Fsp3) is 0.263. The molecule has 26 heavy (non-hydrogen) atoms. The van der Waals surface area contributed by atoms with E-state index in [2.05, 4.69) is 4.98 Å². The van der Waals surface area contributed by atoms with Gasteiger partial charge in [-0.05, 0) is 29.8 Å². The molecule has 1 aromatic heterocycles. The minimum Gasteiger partial charge on any atom is -0.493 e. The van der Waals surface area contributed by atoms with E-state index in [0.717, 1.165) is 20.1 Å². The van der Waals surface area contributed by atoms with Gasteiger partial charge >= 0.3 is 0 Å². The van der Waals surface area contributed by atoms with Gasteiger partial charge in [0.1, 0.15) is 0 Å². The molecule has 0 N–H and O–H groups in total. The first kappa shape index (κ1) is 18.5. The Morgan fingerprint density at radius 2 is 1.92 bits per heavy atom. The molecule has 0 bridgehead atoms. The molecule has 0 spiro atoms. The van der Waals surface area contributed by atoms with Crippen LogP contribution in [0.25, 0.3) is 10.2 Å². The lowest BCUT2D eigenvalue weighted by molar-refractivity contribution is -0.127. The Balaban J connectivity index is 1.59. The number of nitrogens with zero attached hydrogens (tertiary/aromatic N) is 2. The van der Waals surface area contributed by atoms with Gasteiger partial charge in [-0.3, -0.25) is 4.79 Å². The molecule has 0 fully saturated rings. The molecule has 0 unspecified atom stereocenters. The molecule has 0 saturated heterocycles. The number of fused-ring (bicyclic) bond motifs is 1. The lowest BCUT2D eigenvalue weighted by atomic mass is 10.2. The van der Waals surface area contributed by atoms with Crippen LogP contribution in [0.3, 0.4) is 0 Å². The third-order valence-corrected chi connectivity index (χ3v) is 6.05. The molecule has 0 aliphatic rings. The van der Waals surface area contributed by atoms with E-state index in [1.165, 1.54) is 11.8 Å². The third-order valence-electron chi connectivity index (χ3n) is 3.89. The molecular formula is C19H20N2O3S2. The Morgan fingerprint density at radius 3 is 2.65 bits per heavy atom. The number of amides is 1. The van der Waals surface area contributed by atoms with Crippen molar-refractivity contribution in [3.05, 3.63) is 48.0 Å². The first-order valence-electron chi connectivity index (χ1n) is 8.04. The zero-order valence-electron chi connectivity index (χ0n) is 14.9. The summed E-state index contributed by atoms with van der Waals surface area (Å²) in [7, 11) is 5.01. The Bertz CT molecular complexity index is 878. The first-order valence-corrected chi connectivity index (χ1v) is 9.84.